The fourth-order valence-electron chi connectivity index (χ4n) is 3.10. The number of anilines is 1. The Bertz CT molecular complexity index is 1120. The fraction of sp³-hybridized carbons (Fsp3) is 0.125. The number of carbonyl (C=O) groups is 2. The number of hydrogen-bond acceptors (Lipinski definition) is 5. The molecule has 0 bridgehead atoms. The molecule has 2 heterocycles. The molecule has 2 aromatic heterocycles. The van der Waals surface area contributed by atoms with E-state index in [0.717, 1.165) is 11.3 Å². The van der Waals surface area contributed by atoms with E-state index >= 15 is 0 Å². The van der Waals surface area contributed by atoms with E-state index in [4.69, 9.17) is 9.15 Å². The van der Waals surface area contributed by atoms with Crippen LogP contribution in [0.2, 0.25) is 0 Å². The maximum absolute atomic E-state index is 12.9. The summed E-state index contributed by atoms with van der Waals surface area (Å²) in [4.78, 5) is 26.9. The molecule has 0 spiro atoms. The van der Waals surface area contributed by atoms with Crippen LogP contribution in [0, 0.1) is 0 Å². The average Bonchev–Trinajstić information content (AvgIpc) is 3.50. The number of esters is 1. The van der Waals surface area contributed by atoms with Gasteiger partial charge in [-0.3, -0.25) is 9.48 Å². The molecule has 0 atom stereocenters. The van der Waals surface area contributed by atoms with Gasteiger partial charge in [-0.2, -0.15) is 5.10 Å². The summed E-state index contributed by atoms with van der Waals surface area (Å²) < 4.78 is 12.4. The lowest BCUT2D eigenvalue weighted by molar-refractivity contribution is -0.121. The normalized spacial score (nSPS) is 10.6. The van der Waals surface area contributed by atoms with Crippen LogP contribution in [0.3, 0.4) is 0 Å². The summed E-state index contributed by atoms with van der Waals surface area (Å²) in [6, 6.07) is 23.9. The molecule has 4 rings (SSSR count). The van der Waals surface area contributed by atoms with Crippen molar-refractivity contribution < 1.29 is 18.7 Å². The van der Waals surface area contributed by atoms with Crippen molar-refractivity contribution in [2.75, 3.05) is 11.5 Å². The summed E-state index contributed by atoms with van der Waals surface area (Å²) >= 11 is 0. The number of nitrogens with zero attached hydrogens (tertiary/aromatic N) is 3. The molecule has 0 saturated heterocycles. The van der Waals surface area contributed by atoms with Gasteiger partial charge in [0.2, 0.25) is 5.76 Å². The van der Waals surface area contributed by atoms with Crippen molar-refractivity contribution in [2.24, 2.45) is 0 Å². The molecular weight excluding hydrogens is 394 g/mol. The molecule has 7 heteroatoms. The lowest BCUT2D eigenvalue weighted by Gasteiger charge is -2.22. The van der Waals surface area contributed by atoms with Gasteiger partial charge in [-0.05, 0) is 35.9 Å². The zero-order valence-electron chi connectivity index (χ0n) is 16.8. The van der Waals surface area contributed by atoms with E-state index in [9.17, 15) is 9.59 Å². The number of rotatable bonds is 8. The Morgan fingerprint density at radius 3 is 2.39 bits per heavy atom. The first kappa shape index (κ1) is 20.2. The number of carbonyl (C=O) groups excluding carboxylic acids is 2. The fourth-order valence-corrected chi connectivity index (χ4v) is 3.10. The second-order valence-corrected chi connectivity index (χ2v) is 6.85. The SMILES string of the molecule is O=C(OCC(=O)N(Cc1ccccc1)c1ccccc1)c1ccc(Cn2cccn2)o1. The van der Waals surface area contributed by atoms with Crippen LogP contribution in [0.1, 0.15) is 21.9 Å². The maximum atomic E-state index is 12.9. The predicted octanol–water partition coefficient (Wildman–Crippen LogP) is 3.91. The van der Waals surface area contributed by atoms with Gasteiger partial charge in [0.25, 0.3) is 5.91 Å². The number of para-hydroxylation sites is 1. The summed E-state index contributed by atoms with van der Waals surface area (Å²) in [5.74, 6) is -0.402. The van der Waals surface area contributed by atoms with Gasteiger partial charge in [0.1, 0.15) is 5.76 Å². The van der Waals surface area contributed by atoms with Gasteiger partial charge in [-0.1, -0.05) is 48.5 Å². The molecule has 4 aromatic rings. The van der Waals surface area contributed by atoms with E-state index in [1.165, 1.54) is 6.07 Å². The summed E-state index contributed by atoms with van der Waals surface area (Å²) in [5, 5.41) is 4.10. The average molecular weight is 415 g/mol. The third kappa shape index (κ3) is 5.27. The van der Waals surface area contributed by atoms with E-state index in [0.29, 0.717) is 18.8 Å². The van der Waals surface area contributed by atoms with E-state index in [2.05, 4.69) is 5.10 Å². The Balaban J connectivity index is 1.40. The van der Waals surface area contributed by atoms with Gasteiger partial charge in [0.15, 0.2) is 6.61 Å². The van der Waals surface area contributed by atoms with Gasteiger partial charge in [0.05, 0.1) is 13.1 Å². The molecule has 7 nitrogen and oxygen atoms in total. The van der Waals surface area contributed by atoms with Crippen molar-refractivity contribution in [1.82, 2.24) is 9.78 Å². The smallest absolute Gasteiger partial charge is 0.374 e. The molecular formula is C24H21N3O4. The van der Waals surface area contributed by atoms with Crippen molar-refractivity contribution in [2.45, 2.75) is 13.1 Å². The van der Waals surface area contributed by atoms with Crippen LogP contribution in [-0.4, -0.2) is 28.3 Å². The summed E-state index contributed by atoms with van der Waals surface area (Å²) in [7, 11) is 0. The van der Waals surface area contributed by atoms with Crippen LogP contribution < -0.4 is 4.90 Å². The highest BCUT2D eigenvalue weighted by atomic mass is 16.5. The minimum absolute atomic E-state index is 0.0456. The highest BCUT2D eigenvalue weighted by Gasteiger charge is 2.20. The lowest BCUT2D eigenvalue weighted by atomic mass is 10.2. The Morgan fingerprint density at radius 1 is 0.935 bits per heavy atom. The Labute approximate surface area is 179 Å². The summed E-state index contributed by atoms with van der Waals surface area (Å²) in [6.07, 6.45) is 3.46. The first-order valence-corrected chi connectivity index (χ1v) is 9.81. The van der Waals surface area contributed by atoms with E-state index in [1.807, 2.05) is 60.7 Å². The summed E-state index contributed by atoms with van der Waals surface area (Å²) in [5.41, 5.74) is 1.70. The lowest BCUT2D eigenvalue weighted by Crippen LogP contribution is -2.34. The molecule has 1 amide bonds. The monoisotopic (exact) mass is 415 g/mol. The molecule has 0 aliphatic rings. The minimum atomic E-state index is -0.687. The number of ether oxygens (including phenoxy) is 1. The van der Waals surface area contributed by atoms with E-state index in [-0.39, 0.29) is 11.7 Å². The quantitative estimate of drug-likeness (QED) is 0.408. The Kier molecular flexibility index (Phi) is 6.23. The third-order valence-corrected chi connectivity index (χ3v) is 4.62. The molecule has 0 unspecified atom stereocenters. The van der Waals surface area contributed by atoms with Crippen molar-refractivity contribution in [3.8, 4) is 0 Å². The van der Waals surface area contributed by atoms with E-state index in [1.54, 1.807) is 34.1 Å². The highest BCUT2D eigenvalue weighted by molar-refractivity contribution is 5.96. The molecule has 0 N–H and O–H groups in total. The second-order valence-electron chi connectivity index (χ2n) is 6.85. The van der Waals surface area contributed by atoms with Crippen molar-refractivity contribution in [1.29, 1.82) is 0 Å². The van der Waals surface area contributed by atoms with Crippen LogP contribution in [-0.2, 0) is 22.6 Å². The second kappa shape index (κ2) is 9.58. The van der Waals surface area contributed by atoms with Gasteiger partial charge >= 0.3 is 5.97 Å². The third-order valence-electron chi connectivity index (χ3n) is 4.62. The number of benzene rings is 2. The first-order valence-electron chi connectivity index (χ1n) is 9.81. The predicted molar refractivity (Wildman–Crippen MR) is 114 cm³/mol. The molecule has 0 radical (unpaired) electrons. The van der Waals surface area contributed by atoms with Gasteiger partial charge in [-0.15, -0.1) is 0 Å². The van der Waals surface area contributed by atoms with Gasteiger partial charge in [0, 0.05) is 18.1 Å². The molecule has 0 fully saturated rings. The van der Waals surface area contributed by atoms with Crippen LogP contribution >= 0.6 is 0 Å². The topological polar surface area (TPSA) is 77.6 Å². The zero-order valence-corrected chi connectivity index (χ0v) is 16.8. The largest absolute Gasteiger partial charge is 0.452 e. The standard InChI is InChI=1S/C24H21N3O4/c28-23(27(20-10-5-2-6-11-20)16-19-8-3-1-4-9-19)18-30-24(29)22-13-12-21(31-22)17-26-15-7-14-25-26/h1-15H,16-18H2. The Morgan fingerprint density at radius 2 is 1.68 bits per heavy atom. The van der Waals surface area contributed by atoms with Crippen LogP contribution in [0.4, 0.5) is 5.69 Å². The zero-order chi connectivity index (χ0) is 21.5. The molecule has 31 heavy (non-hydrogen) atoms. The number of aromatic nitrogens is 2. The van der Waals surface area contributed by atoms with Crippen LogP contribution in [0.15, 0.2) is 95.7 Å². The molecule has 156 valence electrons. The number of hydrogen-bond donors (Lipinski definition) is 0. The maximum Gasteiger partial charge on any atom is 0.374 e. The van der Waals surface area contributed by atoms with Gasteiger partial charge < -0.3 is 14.1 Å². The van der Waals surface area contributed by atoms with Crippen molar-refractivity contribution in [3.63, 3.8) is 0 Å². The minimum Gasteiger partial charge on any atom is -0.452 e. The highest BCUT2D eigenvalue weighted by Crippen LogP contribution is 2.18. The van der Waals surface area contributed by atoms with Crippen LogP contribution in [0.5, 0.6) is 0 Å². The van der Waals surface area contributed by atoms with Gasteiger partial charge in [-0.25, -0.2) is 4.79 Å². The summed E-state index contributed by atoms with van der Waals surface area (Å²) in [6.45, 7) is 0.379. The Hall–Kier alpha value is -4.13. The number of furan rings is 1. The van der Waals surface area contributed by atoms with Crippen molar-refractivity contribution in [3.05, 3.63) is 108 Å². The van der Waals surface area contributed by atoms with E-state index < -0.39 is 12.6 Å². The molecule has 0 saturated carbocycles. The molecule has 0 aliphatic carbocycles. The first-order chi connectivity index (χ1) is 15.2. The molecule has 2 aromatic carbocycles. The van der Waals surface area contributed by atoms with Crippen molar-refractivity contribution >= 4 is 17.6 Å². The molecule has 0 aliphatic heterocycles. The number of amides is 1. The van der Waals surface area contributed by atoms with Crippen LogP contribution in [0.25, 0.3) is 0 Å².